The molecule has 114 valence electrons. The molecule has 0 bridgehead atoms. The number of hydrogen-bond donors (Lipinski definition) is 2. The van der Waals surface area contributed by atoms with E-state index in [9.17, 15) is 5.11 Å². The fraction of sp³-hybridized carbons (Fsp3) is 0.421. The molecule has 0 amide bonds. The second-order valence-corrected chi connectivity index (χ2v) is 6.66. The minimum Gasteiger partial charge on any atom is -0.393 e. The molecule has 3 nitrogen and oxygen atoms in total. The van der Waals surface area contributed by atoms with Crippen LogP contribution in [0.2, 0.25) is 0 Å². The normalized spacial score (nSPS) is 25.5. The molecule has 1 aromatic heterocycles. The molecule has 1 aromatic carbocycles. The number of pyridine rings is 1. The fourth-order valence-electron chi connectivity index (χ4n) is 3.86. The molecule has 2 N–H and O–H groups in total. The Labute approximate surface area is 131 Å². The number of benzene rings is 1. The first-order chi connectivity index (χ1) is 10.8. The molecule has 22 heavy (non-hydrogen) atoms. The zero-order valence-electron chi connectivity index (χ0n) is 12.7. The Hall–Kier alpha value is -1.71. The maximum absolute atomic E-state index is 9.67. The van der Waals surface area contributed by atoms with Crippen molar-refractivity contribution in [1.29, 1.82) is 0 Å². The molecule has 1 saturated carbocycles. The van der Waals surface area contributed by atoms with E-state index < -0.39 is 0 Å². The number of rotatable bonds is 4. The standard InChI is InChI=1S/C19H22N2O/c22-17-11-15(12-17)19(18-7-3-4-8-20-18)21-16-9-13-5-1-2-6-14(13)10-16/h1-8,15-17,19,21-22H,9-12H2. The van der Waals surface area contributed by atoms with Crippen LogP contribution in [-0.4, -0.2) is 22.2 Å². The molecule has 1 fully saturated rings. The lowest BCUT2D eigenvalue weighted by Crippen LogP contribution is -2.43. The van der Waals surface area contributed by atoms with Gasteiger partial charge in [0.05, 0.1) is 17.8 Å². The van der Waals surface area contributed by atoms with Gasteiger partial charge in [-0.1, -0.05) is 30.3 Å². The van der Waals surface area contributed by atoms with Crippen LogP contribution in [0.25, 0.3) is 0 Å². The summed E-state index contributed by atoms with van der Waals surface area (Å²) in [5, 5.41) is 13.5. The van der Waals surface area contributed by atoms with E-state index in [0.29, 0.717) is 12.0 Å². The largest absolute Gasteiger partial charge is 0.393 e. The van der Waals surface area contributed by atoms with Gasteiger partial charge in [0, 0.05) is 12.2 Å². The molecule has 1 unspecified atom stereocenters. The van der Waals surface area contributed by atoms with Crippen LogP contribution < -0.4 is 5.32 Å². The third-order valence-corrected chi connectivity index (χ3v) is 5.09. The molecule has 0 aliphatic heterocycles. The minimum absolute atomic E-state index is 0.126. The zero-order valence-corrected chi connectivity index (χ0v) is 12.7. The molecule has 0 saturated heterocycles. The van der Waals surface area contributed by atoms with Crippen molar-refractivity contribution in [3.05, 3.63) is 65.5 Å². The maximum Gasteiger partial charge on any atom is 0.0576 e. The van der Waals surface area contributed by atoms with Crippen molar-refractivity contribution in [2.45, 2.75) is 43.9 Å². The van der Waals surface area contributed by atoms with Crippen molar-refractivity contribution >= 4 is 0 Å². The zero-order chi connectivity index (χ0) is 14.9. The number of hydrogen-bond acceptors (Lipinski definition) is 3. The van der Waals surface area contributed by atoms with E-state index in [4.69, 9.17) is 0 Å². The Morgan fingerprint density at radius 1 is 1.00 bits per heavy atom. The van der Waals surface area contributed by atoms with E-state index in [1.54, 1.807) is 0 Å². The average molecular weight is 294 g/mol. The molecule has 0 spiro atoms. The van der Waals surface area contributed by atoms with Crippen LogP contribution in [0.1, 0.15) is 35.7 Å². The molecule has 1 atom stereocenters. The van der Waals surface area contributed by atoms with Crippen molar-refractivity contribution in [2.24, 2.45) is 5.92 Å². The summed E-state index contributed by atoms with van der Waals surface area (Å²) in [5.41, 5.74) is 4.04. The molecule has 3 heteroatoms. The van der Waals surface area contributed by atoms with Gasteiger partial charge < -0.3 is 10.4 Å². The first-order valence-corrected chi connectivity index (χ1v) is 8.21. The van der Waals surface area contributed by atoms with E-state index in [0.717, 1.165) is 31.4 Å². The number of nitrogens with zero attached hydrogens (tertiary/aromatic N) is 1. The van der Waals surface area contributed by atoms with Gasteiger partial charge in [0.25, 0.3) is 0 Å². The Morgan fingerprint density at radius 2 is 1.68 bits per heavy atom. The molecular formula is C19H22N2O. The summed E-state index contributed by atoms with van der Waals surface area (Å²) in [6.07, 6.45) is 5.69. The van der Waals surface area contributed by atoms with Gasteiger partial charge in [-0.3, -0.25) is 4.98 Å². The smallest absolute Gasteiger partial charge is 0.0576 e. The predicted octanol–water partition coefficient (Wildman–Crippen LogP) is 2.65. The van der Waals surface area contributed by atoms with Crippen molar-refractivity contribution in [3.8, 4) is 0 Å². The molecule has 4 rings (SSSR count). The Morgan fingerprint density at radius 3 is 2.27 bits per heavy atom. The lowest BCUT2D eigenvalue weighted by molar-refractivity contribution is 0.0212. The average Bonchev–Trinajstić information content (AvgIpc) is 2.93. The van der Waals surface area contributed by atoms with Crippen LogP contribution in [0.4, 0.5) is 0 Å². The highest BCUT2D eigenvalue weighted by molar-refractivity contribution is 5.33. The summed E-state index contributed by atoms with van der Waals surface area (Å²) in [6, 6.07) is 15.6. The lowest BCUT2D eigenvalue weighted by Gasteiger charge is -2.39. The molecule has 2 aromatic rings. The highest BCUT2D eigenvalue weighted by Gasteiger charge is 2.37. The summed E-state index contributed by atoms with van der Waals surface area (Å²) in [7, 11) is 0. The van der Waals surface area contributed by atoms with Gasteiger partial charge in [-0.25, -0.2) is 0 Å². The van der Waals surface area contributed by atoms with Gasteiger partial charge >= 0.3 is 0 Å². The van der Waals surface area contributed by atoms with Crippen molar-refractivity contribution in [2.75, 3.05) is 0 Å². The topological polar surface area (TPSA) is 45.1 Å². The highest BCUT2D eigenvalue weighted by atomic mass is 16.3. The molecule has 2 aliphatic rings. The highest BCUT2D eigenvalue weighted by Crippen LogP contribution is 2.38. The number of nitrogens with one attached hydrogen (secondary N) is 1. The Kier molecular flexibility index (Phi) is 3.68. The van der Waals surface area contributed by atoms with Crippen LogP contribution >= 0.6 is 0 Å². The third kappa shape index (κ3) is 2.67. The van der Waals surface area contributed by atoms with Crippen LogP contribution in [0, 0.1) is 5.92 Å². The Bertz CT molecular complexity index is 612. The van der Waals surface area contributed by atoms with Crippen molar-refractivity contribution in [1.82, 2.24) is 10.3 Å². The van der Waals surface area contributed by atoms with Crippen molar-refractivity contribution in [3.63, 3.8) is 0 Å². The summed E-state index contributed by atoms with van der Waals surface area (Å²) < 4.78 is 0. The molecule has 0 radical (unpaired) electrons. The quantitative estimate of drug-likeness (QED) is 0.911. The van der Waals surface area contributed by atoms with E-state index in [1.165, 1.54) is 11.1 Å². The summed E-state index contributed by atoms with van der Waals surface area (Å²) >= 11 is 0. The molecule has 1 heterocycles. The van der Waals surface area contributed by atoms with E-state index in [2.05, 4.69) is 46.7 Å². The summed E-state index contributed by atoms with van der Waals surface area (Å²) in [5.74, 6) is 0.494. The van der Waals surface area contributed by atoms with Crippen LogP contribution in [0.15, 0.2) is 48.7 Å². The number of aliphatic hydroxyl groups excluding tert-OH is 1. The van der Waals surface area contributed by atoms with Crippen LogP contribution in [-0.2, 0) is 12.8 Å². The van der Waals surface area contributed by atoms with Gasteiger partial charge in [0.2, 0.25) is 0 Å². The number of aliphatic hydroxyl groups is 1. The van der Waals surface area contributed by atoms with E-state index in [1.807, 2.05) is 12.3 Å². The van der Waals surface area contributed by atoms with Crippen molar-refractivity contribution < 1.29 is 5.11 Å². The fourth-order valence-corrected chi connectivity index (χ4v) is 3.86. The third-order valence-electron chi connectivity index (χ3n) is 5.09. The predicted molar refractivity (Wildman–Crippen MR) is 86.5 cm³/mol. The number of fused-ring (bicyclic) bond motifs is 1. The van der Waals surface area contributed by atoms with E-state index >= 15 is 0 Å². The van der Waals surface area contributed by atoms with Crippen LogP contribution in [0.3, 0.4) is 0 Å². The second-order valence-electron chi connectivity index (χ2n) is 6.66. The minimum atomic E-state index is -0.126. The van der Waals surface area contributed by atoms with Crippen LogP contribution in [0.5, 0.6) is 0 Å². The van der Waals surface area contributed by atoms with Gasteiger partial charge in [0.15, 0.2) is 0 Å². The Balaban J connectivity index is 1.50. The van der Waals surface area contributed by atoms with E-state index in [-0.39, 0.29) is 12.1 Å². The monoisotopic (exact) mass is 294 g/mol. The summed E-state index contributed by atoms with van der Waals surface area (Å²) in [6.45, 7) is 0. The summed E-state index contributed by atoms with van der Waals surface area (Å²) in [4.78, 5) is 4.55. The number of aromatic nitrogens is 1. The second kappa shape index (κ2) is 5.82. The first kappa shape index (κ1) is 13.9. The van der Waals surface area contributed by atoms with Gasteiger partial charge in [-0.15, -0.1) is 0 Å². The lowest BCUT2D eigenvalue weighted by atomic mass is 9.76. The SMILES string of the molecule is OC1CC(C(NC2Cc3ccccc3C2)c2ccccn2)C1. The molecular weight excluding hydrogens is 272 g/mol. The van der Waals surface area contributed by atoms with Gasteiger partial charge in [-0.05, 0) is 54.9 Å². The molecule has 2 aliphatic carbocycles. The van der Waals surface area contributed by atoms with Gasteiger partial charge in [0.1, 0.15) is 0 Å². The maximum atomic E-state index is 9.67. The van der Waals surface area contributed by atoms with Gasteiger partial charge in [-0.2, -0.15) is 0 Å². The first-order valence-electron chi connectivity index (χ1n) is 8.21.